The maximum Gasteiger partial charge on any atom is 0.223 e. The summed E-state index contributed by atoms with van der Waals surface area (Å²) >= 11 is 5.88. The monoisotopic (exact) mass is 246 g/mol. The normalized spacial score (nSPS) is 10.6. The molecular weight excluding hydrogens is 240 g/mol. The van der Waals surface area contributed by atoms with Crippen molar-refractivity contribution in [1.82, 2.24) is 9.97 Å². The highest BCUT2D eigenvalue weighted by molar-refractivity contribution is 6.28. The maximum atomic E-state index is 5.88. The molecule has 3 heterocycles. The van der Waals surface area contributed by atoms with Crippen LogP contribution < -0.4 is 0 Å². The highest BCUT2D eigenvalue weighted by Gasteiger charge is 2.10. The molecule has 3 rings (SSSR count). The topological polar surface area (TPSA) is 52.1 Å². The van der Waals surface area contributed by atoms with Crippen molar-refractivity contribution in [3.05, 3.63) is 48.1 Å². The van der Waals surface area contributed by atoms with Crippen LogP contribution >= 0.6 is 11.6 Å². The molecule has 0 unspecified atom stereocenters. The van der Waals surface area contributed by atoms with E-state index in [0.29, 0.717) is 22.9 Å². The van der Waals surface area contributed by atoms with Crippen LogP contribution in [0.4, 0.5) is 0 Å². The maximum absolute atomic E-state index is 5.88. The SMILES string of the molecule is Clc1nc(-c2ccco2)cc(-c2ccco2)n1. The molecule has 3 aromatic rings. The third kappa shape index (κ3) is 1.94. The van der Waals surface area contributed by atoms with Gasteiger partial charge in [0, 0.05) is 0 Å². The number of halogens is 1. The summed E-state index contributed by atoms with van der Waals surface area (Å²) in [6.45, 7) is 0. The zero-order chi connectivity index (χ0) is 11.7. The van der Waals surface area contributed by atoms with Crippen LogP contribution in [0.5, 0.6) is 0 Å². The predicted octanol–water partition coefficient (Wildman–Crippen LogP) is 3.65. The third-order valence-corrected chi connectivity index (χ3v) is 2.42. The number of hydrogen-bond acceptors (Lipinski definition) is 4. The minimum absolute atomic E-state index is 0.158. The van der Waals surface area contributed by atoms with Crippen molar-refractivity contribution >= 4 is 11.6 Å². The van der Waals surface area contributed by atoms with Gasteiger partial charge < -0.3 is 8.83 Å². The first-order chi connectivity index (χ1) is 8.33. The van der Waals surface area contributed by atoms with Crippen LogP contribution in [-0.4, -0.2) is 9.97 Å². The van der Waals surface area contributed by atoms with Crippen molar-refractivity contribution in [2.24, 2.45) is 0 Å². The van der Waals surface area contributed by atoms with Gasteiger partial charge in [0.1, 0.15) is 11.4 Å². The fourth-order valence-corrected chi connectivity index (χ4v) is 1.70. The van der Waals surface area contributed by atoms with E-state index in [1.54, 1.807) is 30.7 Å². The Morgan fingerprint density at radius 1 is 0.882 bits per heavy atom. The molecule has 0 aromatic carbocycles. The van der Waals surface area contributed by atoms with Gasteiger partial charge in [-0.15, -0.1) is 0 Å². The predicted molar refractivity (Wildman–Crippen MR) is 62.4 cm³/mol. The molecule has 3 aromatic heterocycles. The smallest absolute Gasteiger partial charge is 0.223 e. The molecule has 0 aliphatic heterocycles. The molecule has 17 heavy (non-hydrogen) atoms. The molecule has 4 nitrogen and oxygen atoms in total. The molecule has 0 atom stereocenters. The third-order valence-electron chi connectivity index (χ3n) is 2.25. The van der Waals surface area contributed by atoms with Crippen LogP contribution in [0.2, 0.25) is 5.28 Å². The van der Waals surface area contributed by atoms with Gasteiger partial charge in [0.2, 0.25) is 5.28 Å². The van der Waals surface area contributed by atoms with Crippen molar-refractivity contribution in [2.45, 2.75) is 0 Å². The Bertz CT molecular complexity index is 566. The van der Waals surface area contributed by atoms with Crippen molar-refractivity contribution in [3.63, 3.8) is 0 Å². The van der Waals surface area contributed by atoms with Gasteiger partial charge in [-0.3, -0.25) is 0 Å². The molecule has 0 bridgehead atoms. The van der Waals surface area contributed by atoms with E-state index in [9.17, 15) is 0 Å². The first-order valence-electron chi connectivity index (χ1n) is 4.95. The Hall–Kier alpha value is -2.07. The fraction of sp³-hybridized carbons (Fsp3) is 0. The van der Waals surface area contributed by atoms with Crippen LogP contribution in [0.3, 0.4) is 0 Å². The molecule has 0 saturated heterocycles. The summed E-state index contributed by atoms with van der Waals surface area (Å²) in [4.78, 5) is 8.21. The molecule has 0 radical (unpaired) electrons. The molecule has 0 spiro atoms. The summed E-state index contributed by atoms with van der Waals surface area (Å²) in [5, 5.41) is 0.158. The van der Waals surface area contributed by atoms with Crippen molar-refractivity contribution in [2.75, 3.05) is 0 Å². The standard InChI is InChI=1S/C12H7ClN2O2/c13-12-14-8(10-3-1-5-16-10)7-9(15-12)11-4-2-6-17-11/h1-7H. The Morgan fingerprint density at radius 3 is 1.82 bits per heavy atom. The Kier molecular flexibility index (Phi) is 2.42. The summed E-state index contributed by atoms with van der Waals surface area (Å²) in [6, 6.07) is 8.97. The van der Waals surface area contributed by atoms with Crippen LogP contribution in [0.1, 0.15) is 0 Å². The van der Waals surface area contributed by atoms with Gasteiger partial charge in [0.05, 0.1) is 12.5 Å². The second-order valence-corrected chi connectivity index (χ2v) is 3.70. The molecule has 5 heteroatoms. The van der Waals surface area contributed by atoms with Crippen LogP contribution in [0.15, 0.2) is 51.7 Å². The average molecular weight is 247 g/mol. The Balaban J connectivity index is 2.13. The van der Waals surface area contributed by atoms with Crippen molar-refractivity contribution < 1.29 is 8.83 Å². The van der Waals surface area contributed by atoms with Gasteiger partial charge in [0.25, 0.3) is 0 Å². The number of rotatable bonds is 2. The molecule has 0 aliphatic carbocycles. The Morgan fingerprint density at radius 2 is 1.41 bits per heavy atom. The summed E-state index contributed by atoms with van der Waals surface area (Å²) in [5.41, 5.74) is 1.25. The van der Waals surface area contributed by atoms with Gasteiger partial charge in [-0.25, -0.2) is 9.97 Å². The fourth-order valence-electron chi connectivity index (χ4n) is 1.52. The van der Waals surface area contributed by atoms with Gasteiger partial charge >= 0.3 is 0 Å². The largest absolute Gasteiger partial charge is 0.463 e. The average Bonchev–Trinajstić information content (AvgIpc) is 3.02. The minimum Gasteiger partial charge on any atom is -0.463 e. The van der Waals surface area contributed by atoms with Crippen LogP contribution in [0, 0.1) is 0 Å². The quantitative estimate of drug-likeness (QED) is 0.648. The van der Waals surface area contributed by atoms with E-state index in [1.165, 1.54) is 0 Å². The molecule has 0 saturated carbocycles. The minimum atomic E-state index is 0.158. The van der Waals surface area contributed by atoms with Gasteiger partial charge in [-0.05, 0) is 41.9 Å². The summed E-state index contributed by atoms with van der Waals surface area (Å²) in [7, 11) is 0. The van der Waals surface area contributed by atoms with Gasteiger partial charge in [-0.1, -0.05) is 0 Å². The lowest BCUT2D eigenvalue weighted by Crippen LogP contribution is -1.89. The van der Waals surface area contributed by atoms with Crippen LogP contribution in [0.25, 0.3) is 22.9 Å². The summed E-state index contributed by atoms with van der Waals surface area (Å²) < 4.78 is 10.5. The summed E-state index contributed by atoms with van der Waals surface area (Å²) in [6.07, 6.45) is 3.16. The summed E-state index contributed by atoms with van der Waals surface area (Å²) in [5.74, 6) is 1.28. The zero-order valence-corrected chi connectivity index (χ0v) is 9.39. The van der Waals surface area contributed by atoms with Gasteiger partial charge in [-0.2, -0.15) is 0 Å². The molecule has 0 amide bonds. The van der Waals surface area contributed by atoms with E-state index in [-0.39, 0.29) is 5.28 Å². The second kappa shape index (κ2) is 4.07. The number of hydrogen-bond donors (Lipinski definition) is 0. The lowest BCUT2D eigenvalue weighted by molar-refractivity contribution is 0.576. The van der Waals surface area contributed by atoms with E-state index >= 15 is 0 Å². The zero-order valence-electron chi connectivity index (χ0n) is 8.63. The number of furan rings is 2. The van der Waals surface area contributed by atoms with Crippen molar-refractivity contribution in [1.29, 1.82) is 0 Å². The first kappa shape index (κ1) is 10.1. The van der Waals surface area contributed by atoms with E-state index in [1.807, 2.05) is 12.1 Å². The van der Waals surface area contributed by atoms with E-state index in [2.05, 4.69) is 9.97 Å². The lowest BCUT2D eigenvalue weighted by Gasteiger charge is -2.00. The lowest BCUT2D eigenvalue weighted by atomic mass is 10.2. The van der Waals surface area contributed by atoms with Crippen LogP contribution in [-0.2, 0) is 0 Å². The van der Waals surface area contributed by atoms with E-state index in [4.69, 9.17) is 20.4 Å². The molecule has 0 aliphatic rings. The molecule has 84 valence electrons. The number of aromatic nitrogens is 2. The van der Waals surface area contributed by atoms with Gasteiger partial charge in [0.15, 0.2) is 11.5 Å². The second-order valence-electron chi connectivity index (χ2n) is 3.36. The first-order valence-corrected chi connectivity index (χ1v) is 5.33. The Labute approximate surface area is 102 Å². The number of nitrogens with zero attached hydrogens (tertiary/aromatic N) is 2. The molecule has 0 fully saturated rings. The van der Waals surface area contributed by atoms with Crippen molar-refractivity contribution in [3.8, 4) is 22.9 Å². The molecular formula is C12H7ClN2O2. The molecule has 0 N–H and O–H groups in total. The van der Waals surface area contributed by atoms with E-state index in [0.717, 1.165) is 0 Å². The highest BCUT2D eigenvalue weighted by Crippen LogP contribution is 2.25. The van der Waals surface area contributed by atoms with E-state index < -0.39 is 0 Å². The highest BCUT2D eigenvalue weighted by atomic mass is 35.5.